The molecule has 2 atom stereocenters. The summed E-state index contributed by atoms with van der Waals surface area (Å²) in [6, 6.07) is 7.77. The largest absolute Gasteiger partial charge is 0.497 e. The van der Waals surface area contributed by atoms with E-state index >= 15 is 0 Å². The van der Waals surface area contributed by atoms with Crippen molar-refractivity contribution in [3.05, 3.63) is 41.5 Å². The van der Waals surface area contributed by atoms with E-state index in [4.69, 9.17) is 4.74 Å². The Balaban J connectivity index is 1.81. The molecule has 1 aliphatic rings. The maximum Gasteiger partial charge on any atom is 0.147 e. The fraction of sp³-hybridized carbons (Fsp3) is 0.579. The van der Waals surface area contributed by atoms with E-state index in [-0.39, 0.29) is 6.04 Å². The molecule has 0 bridgehead atoms. The molecule has 1 aromatic heterocycles. The summed E-state index contributed by atoms with van der Waals surface area (Å²) >= 11 is 0. The number of hydrogen-bond acceptors (Lipinski definition) is 5. The molecular formula is C19H28N4O2. The van der Waals surface area contributed by atoms with Crippen molar-refractivity contribution in [3.63, 3.8) is 0 Å². The lowest BCUT2D eigenvalue weighted by Gasteiger charge is -2.37. The Morgan fingerprint density at radius 3 is 2.64 bits per heavy atom. The molecule has 0 saturated carbocycles. The molecular weight excluding hydrogens is 316 g/mol. The molecule has 0 aliphatic carbocycles. The molecule has 0 radical (unpaired) electrons. The number of aryl methyl sites for hydroxylation is 1. The molecule has 1 N–H and O–H groups in total. The van der Waals surface area contributed by atoms with Gasteiger partial charge in [-0.1, -0.05) is 12.1 Å². The van der Waals surface area contributed by atoms with E-state index in [0.717, 1.165) is 48.9 Å². The van der Waals surface area contributed by atoms with Gasteiger partial charge in [0.25, 0.3) is 0 Å². The molecule has 2 aromatic rings. The van der Waals surface area contributed by atoms with Crippen LogP contribution in [0.5, 0.6) is 5.75 Å². The number of methoxy groups -OCH3 is 1. The third-order valence-electron chi connectivity index (χ3n) is 5.36. The highest BCUT2D eigenvalue weighted by Crippen LogP contribution is 2.36. The Kier molecular flexibility index (Phi) is 5.11. The van der Waals surface area contributed by atoms with E-state index in [0.29, 0.717) is 6.54 Å². The first kappa shape index (κ1) is 17.9. The fourth-order valence-corrected chi connectivity index (χ4v) is 3.91. The van der Waals surface area contributed by atoms with Crippen molar-refractivity contribution < 1.29 is 9.84 Å². The van der Waals surface area contributed by atoms with Gasteiger partial charge >= 0.3 is 0 Å². The van der Waals surface area contributed by atoms with Gasteiger partial charge in [0.1, 0.15) is 23.0 Å². The molecule has 1 fully saturated rings. The van der Waals surface area contributed by atoms with Crippen LogP contribution in [0.1, 0.15) is 43.9 Å². The van der Waals surface area contributed by atoms with Crippen LogP contribution in [0.4, 0.5) is 0 Å². The van der Waals surface area contributed by atoms with Crippen molar-refractivity contribution in [2.75, 3.05) is 13.7 Å². The van der Waals surface area contributed by atoms with E-state index in [1.807, 2.05) is 38.1 Å². The molecule has 1 aliphatic heterocycles. The van der Waals surface area contributed by atoms with Gasteiger partial charge in [-0.2, -0.15) is 0 Å². The monoisotopic (exact) mass is 344 g/mol. The summed E-state index contributed by atoms with van der Waals surface area (Å²) < 4.78 is 7.36. The average molecular weight is 344 g/mol. The molecule has 1 saturated heterocycles. The van der Waals surface area contributed by atoms with Gasteiger partial charge in [0.15, 0.2) is 0 Å². The lowest BCUT2D eigenvalue weighted by molar-refractivity contribution is -0.0264. The SMILES string of the molecule is CCn1c(C)nnc1CN1CCC[C@@H]1[C@@](C)(O)c1ccc(OC)cc1. The second kappa shape index (κ2) is 7.14. The zero-order valence-corrected chi connectivity index (χ0v) is 15.6. The lowest BCUT2D eigenvalue weighted by Crippen LogP contribution is -2.45. The summed E-state index contributed by atoms with van der Waals surface area (Å²) in [6.07, 6.45) is 2.05. The number of likely N-dealkylation sites (tertiary alicyclic amines) is 1. The van der Waals surface area contributed by atoms with E-state index < -0.39 is 5.60 Å². The van der Waals surface area contributed by atoms with Gasteiger partial charge in [0.05, 0.1) is 13.7 Å². The van der Waals surface area contributed by atoms with Gasteiger partial charge in [-0.3, -0.25) is 4.90 Å². The summed E-state index contributed by atoms with van der Waals surface area (Å²) in [6.45, 7) is 8.54. The van der Waals surface area contributed by atoms with Crippen molar-refractivity contribution in [2.24, 2.45) is 0 Å². The molecule has 3 rings (SSSR count). The minimum Gasteiger partial charge on any atom is -0.497 e. The minimum absolute atomic E-state index is 0.0585. The molecule has 1 aromatic carbocycles. The summed E-state index contributed by atoms with van der Waals surface area (Å²) in [5.41, 5.74) is -0.00662. The predicted molar refractivity (Wildman–Crippen MR) is 96.4 cm³/mol. The van der Waals surface area contributed by atoms with Gasteiger partial charge in [0.2, 0.25) is 0 Å². The van der Waals surface area contributed by atoms with Gasteiger partial charge in [0, 0.05) is 12.6 Å². The number of rotatable bonds is 6. The van der Waals surface area contributed by atoms with Crippen LogP contribution in [-0.2, 0) is 18.7 Å². The maximum absolute atomic E-state index is 11.3. The molecule has 25 heavy (non-hydrogen) atoms. The van der Waals surface area contributed by atoms with Crippen LogP contribution in [0.2, 0.25) is 0 Å². The van der Waals surface area contributed by atoms with Crippen LogP contribution in [0.25, 0.3) is 0 Å². The highest BCUT2D eigenvalue weighted by Gasteiger charge is 2.40. The third kappa shape index (κ3) is 3.41. The van der Waals surface area contributed by atoms with Crippen molar-refractivity contribution in [1.29, 1.82) is 0 Å². The lowest BCUT2D eigenvalue weighted by atomic mass is 9.86. The second-order valence-corrected chi connectivity index (χ2v) is 6.91. The number of benzene rings is 1. The number of aromatic nitrogens is 3. The van der Waals surface area contributed by atoms with Crippen LogP contribution in [0, 0.1) is 6.92 Å². The highest BCUT2D eigenvalue weighted by molar-refractivity contribution is 5.31. The zero-order valence-electron chi connectivity index (χ0n) is 15.6. The van der Waals surface area contributed by atoms with Crippen molar-refractivity contribution in [3.8, 4) is 5.75 Å². The normalized spacial score (nSPS) is 20.6. The molecule has 6 heteroatoms. The quantitative estimate of drug-likeness (QED) is 0.872. The van der Waals surface area contributed by atoms with Gasteiger partial charge in [-0.25, -0.2) is 0 Å². The highest BCUT2D eigenvalue weighted by atomic mass is 16.5. The van der Waals surface area contributed by atoms with Crippen LogP contribution in [-0.4, -0.2) is 44.5 Å². The smallest absolute Gasteiger partial charge is 0.147 e. The van der Waals surface area contributed by atoms with Crippen molar-refractivity contribution in [2.45, 2.75) is 58.3 Å². The molecule has 2 heterocycles. The number of aliphatic hydroxyl groups is 1. The Morgan fingerprint density at radius 1 is 1.28 bits per heavy atom. The first-order valence-corrected chi connectivity index (χ1v) is 8.97. The van der Waals surface area contributed by atoms with Crippen LogP contribution < -0.4 is 4.74 Å². The molecule has 0 amide bonds. The number of ether oxygens (including phenoxy) is 1. The van der Waals surface area contributed by atoms with Gasteiger partial charge < -0.3 is 14.4 Å². The van der Waals surface area contributed by atoms with E-state index in [2.05, 4.69) is 26.6 Å². The van der Waals surface area contributed by atoms with Crippen LogP contribution in [0.15, 0.2) is 24.3 Å². The van der Waals surface area contributed by atoms with Gasteiger partial charge in [-0.15, -0.1) is 10.2 Å². The Hall–Kier alpha value is -1.92. The van der Waals surface area contributed by atoms with Crippen molar-refractivity contribution in [1.82, 2.24) is 19.7 Å². The Bertz CT molecular complexity index is 709. The predicted octanol–water partition coefficient (Wildman–Crippen LogP) is 2.49. The van der Waals surface area contributed by atoms with Gasteiger partial charge in [-0.05, 0) is 57.9 Å². The first-order valence-electron chi connectivity index (χ1n) is 8.97. The third-order valence-corrected chi connectivity index (χ3v) is 5.36. The number of hydrogen-bond donors (Lipinski definition) is 1. The summed E-state index contributed by atoms with van der Waals surface area (Å²) in [5.74, 6) is 2.71. The number of nitrogens with zero attached hydrogens (tertiary/aromatic N) is 4. The summed E-state index contributed by atoms with van der Waals surface area (Å²) in [4.78, 5) is 2.33. The minimum atomic E-state index is -0.922. The Morgan fingerprint density at radius 2 is 2.00 bits per heavy atom. The zero-order chi connectivity index (χ0) is 18.0. The molecule has 136 valence electrons. The molecule has 0 unspecified atom stereocenters. The standard InChI is InChI=1S/C19H28N4O2/c1-5-23-14(2)20-21-18(23)13-22-12-6-7-17(22)19(3,24)15-8-10-16(25-4)11-9-15/h8-11,17,24H,5-7,12-13H2,1-4H3/t17-,19+/m1/s1. The van der Waals surface area contributed by atoms with E-state index in [1.165, 1.54) is 0 Å². The Labute approximate surface area is 149 Å². The first-order chi connectivity index (χ1) is 12.0. The molecule has 0 spiro atoms. The fourth-order valence-electron chi connectivity index (χ4n) is 3.91. The summed E-state index contributed by atoms with van der Waals surface area (Å²) in [5, 5.41) is 19.8. The molecule has 6 nitrogen and oxygen atoms in total. The van der Waals surface area contributed by atoms with Crippen LogP contribution >= 0.6 is 0 Å². The second-order valence-electron chi connectivity index (χ2n) is 6.91. The maximum atomic E-state index is 11.3. The van der Waals surface area contributed by atoms with E-state index in [9.17, 15) is 5.11 Å². The van der Waals surface area contributed by atoms with Crippen molar-refractivity contribution >= 4 is 0 Å². The topological polar surface area (TPSA) is 63.4 Å². The van der Waals surface area contributed by atoms with Crippen LogP contribution in [0.3, 0.4) is 0 Å². The van der Waals surface area contributed by atoms with E-state index in [1.54, 1.807) is 7.11 Å². The summed E-state index contributed by atoms with van der Waals surface area (Å²) in [7, 11) is 1.65. The average Bonchev–Trinajstić information content (AvgIpc) is 3.22.